The third-order valence-corrected chi connectivity index (χ3v) is 4.03. The zero-order valence-corrected chi connectivity index (χ0v) is 13.1. The molecule has 0 saturated heterocycles. The van der Waals surface area contributed by atoms with Gasteiger partial charge < -0.3 is 10.6 Å². The minimum Gasteiger partial charge on any atom is -0.337 e. The molecular formula is C16H17ClN2OS. The van der Waals surface area contributed by atoms with E-state index >= 15 is 0 Å². The van der Waals surface area contributed by atoms with Gasteiger partial charge in [-0.3, -0.25) is 0 Å². The molecule has 2 rings (SSSR count). The van der Waals surface area contributed by atoms with E-state index < -0.39 is 0 Å². The lowest BCUT2D eigenvalue weighted by Gasteiger charge is -2.07. The number of thioether (sulfide) groups is 1. The van der Waals surface area contributed by atoms with Gasteiger partial charge in [-0.1, -0.05) is 41.9 Å². The summed E-state index contributed by atoms with van der Waals surface area (Å²) in [6.45, 7) is 0.636. The van der Waals surface area contributed by atoms with E-state index in [2.05, 4.69) is 10.6 Å². The van der Waals surface area contributed by atoms with Gasteiger partial charge in [-0.15, -0.1) is 0 Å². The highest BCUT2D eigenvalue weighted by Crippen LogP contribution is 2.15. The van der Waals surface area contributed by atoms with Gasteiger partial charge in [-0.05, 0) is 29.8 Å². The van der Waals surface area contributed by atoms with Gasteiger partial charge in [0, 0.05) is 28.8 Å². The molecule has 0 heterocycles. The molecule has 0 bridgehead atoms. The van der Waals surface area contributed by atoms with Crippen LogP contribution >= 0.6 is 23.4 Å². The van der Waals surface area contributed by atoms with Crippen LogP contribution in [0.1, 0.15) is 5.56 Å². The van der Waals surface area contributed by atoms with Crippen LogP contribution in [0.15, 0.2) is 54.6 Å². The van der Waals surface area contributed by atoms with E-state index in [9.17, 15) is 4.79 Å². The number of benzene rings is 2. The molecular weight excluding hydrogens is 304 g/mol. The van der Waals surface area contributed by atoms with E-state index in [1.165, 1.54) is 5.56 Å². The SMILES string of the molecule is O=C(NCCSCc1ccc(Cl)cc1)Nc1ccccc1. The number of urea groups is 1. The average Bonchev–Trinajstić information content (AvgIpc) is 2.50. The van der Waals surface area contributed by atoms with Crippen molar-refractivity contribution < 1.29 is 4.79 Å². The molecule has 0 unspecified atom stereocenters. The van der Waals surface area contributed by atoms with Gasteiger partial charge in [-0.25, -0.2) is 4.79 Å². The van der Waals surface area contributed by atoms with Crippen LogP contribution in [0.4, 0.5) is 10.5 Å². The molecule has 0 radical (unpaired) electrons. The Balaban J connectivity index is 1.59. The van der Waals surface area contributed by atoms with Crippen LogP contribution in [0.5, 0.6) is 0 Å². The average molecular weight is 321 g/mol. The highest BCUT2D eigenvalue weighted by atomic mass is 35.5. The van der Waals surface area contributed by atoms with Crippen molar-refractivity contribution in [3.05, 3.63) is 65.2 Å². The van der Waals surface area contributed by atoms with E-state index in [1.54, 1.807) is 11.8 Å². The molecule has 2 N–H and O–H groups in total. The normalized spacial score (nSPS) is 10.1. The maximum absolute atomic E-state index is 11.6. The number of amides is 2. The number of nitrogens with one attached hydrogen (secondary N) is 2. The summed E-state index contributed by atoms with van der Waals surface area (Å²) >= 11 is 7.61. The molecule has 110 valence electrons. The van der Waals surface area contributed by atoms with Gasteiger partial charge >= 0.3 is 6.03 Å². The van der Waals surface area contributed by atoms with Gasteiger partial charge in [0.2, 0.25) is 0 Å². The molecule has 0 aliphatic carbocycles. The van der Waals surface area contributed by atoms with Crippen molar-refractivity contribution in [1.82, 2.24) is 5.32 Å². The Hall–Kier alpha value is -1.65. The molecule has 0 fully saturated rings. The Morgan fingerprint density at radius 1 is 1.05 bits per heavy atom. The minimum absolute atomic E-state index is 0.173. The summed E-state index contributed by atoms with van der Waals surface area (Å²) in [4.78, 5) is 11.6. The molecule has 0 aromatic heterocycles. The smallest absolute Gasteiger partial charge is 0.319 e. The van der Waals surface area contributed by atoms with Gasteiger partial charge in [0.05, 0.1) is 0 Å². The molecule has 5 heteroatoms. The number of carbonyl (C=O) groups excluding carboxylic acids is 1. The summed E-state index contributed by atoms with van der Waals surface area (Å²) in [6.07, 6.45) is 0. The van der Waals surface area contributed by atoms with Crippen LogP contribution in [-0.4, -0.2) is 18.3 Å². The first kappa shape index (κ1) is 15.7. The van der Waals surface area contributed by atoms with Crippen molar-refractivity contribution in [2.45, 2.75) is 5.75 Å². The molecule has 0 spiro atoms. The zero-order valence-electron chi connectivity index (χ0n) is 11.5. The summed E-state index contributed by atoms with van der Waals surface area (Å²) in [6, 6.07) is 17.0. The molecule has 0 aliphatic rings. The first-order valence-electron chi connectivity index (χ1n) is 6.66. The van der Waals surface area contributed by atoms with Crippen molar-refractivity contribution >= 4 is 35.1 Å². The first-order chi connectivity index (χ1) is 10.2. The number of para-hydroxylation sites is 1. The second kappa shape index (κ2) is 8.60. The van der Waals surface area contributed by atoms with Gasteiger partial charge in [0.25, 0.3) is 0 Å². The predicted molar refractivity (Wildman–Crippen MR) is 91.1 cm³/mol. The molecule has 2 aromatic carbocycles. The molecule has 2 aromatic rings. The molecule has 0 aliphatic heterocycles. The largest absolute Gasteiger partial charge is 0.337 e. The number of carbonyl (C=O) groups is 1. The minimum atomic E-state index is -0.173. The summed E-state index contributed by atoms with van der Waals surface area (Å²) in [5, 5.41) is 6.37. The van der Waals surface area contributed by atoms with Crippen molar-refractivity contribution in [3.63, 3.8) is 0 Å². The van der Waals surface area contributed by atoms with E-state index in [0.717, 1.165) is 22.2 Å². The maximum Gasteiger partial charge on any atom is 0.319 e. The van der Waals surface area contributed by atoms with Gasteiger partial charge in [-0.2, -0.15) is 11.8 Å². The van der Waals surface area contributed by atoms with Crippen LogP contribution in [0, 0.1) is 0 Å². The lowest BCUT2D eigenvalue weighted by atomic mass is 10.2. The number of anilines is 1. The van der Waals surface area contributed by atoms with Crippen LogP contribution < -0.4 is 10.6 Å². The fourth-order valence-corrected chi connectivity index (χ4v) is 2.65. The summed E-state index contributed by atoms with van der Waals surface area (Å²) < 4.78 is 0. The summed E-state index contributed by atoms with van der Waals surface area (Å²) in [5.41, 5.74) is 2.03. The second-order valence-corrected chi connectivity index (χ2v) is 5.97. The first-order valence-corrected chi connectivity index (χ1v) is 8.19. The van der Waals surface area contributed by atoms with E-state index in [-0.39, 0.29) is 6.03 Å². The van der Waals surface area contributed by atoms with Crippen molar-refractivity contribution in [3.8, 4) is 0 Å². The summed E-state index contributed by atoms with van der Waals surface area (Å²) in [5.74, 6) is 1.78. The molecule has 0 atom stereocenters. The number of hydrogen-bond acceptors (Lipinski definition) is 2. The fourth-order valence-electron chi connectivity index (χ4n) is 1.70. The zero-order chi connectivity index (χ0) is 14.9. The summed E-state index contributed by atoms with van der Waals surface area (Å²) in [7, 11) is 0. The number of halogens is 1. The Morgan fingerprint density at radius 3 is 2.48 bits per heavy atom. The Labute approximate surface area is 134 Å². The van der Waals surface area contributed by atoms with Crippen LogP contribution in [-0.2, 0) is 5.75 Å². The van der Waals surface area contributed by atoms with E-state index in [4.69, 9.17) is 11.6 Å². The standard InChI is InChI=1S/C16H17ClN2OS/c17-14-8-6-13(7-9-14)12-21-11-10-18-16(20)19-15-4-2-1-3-5-15/h1-9H,10-12H2,(H2,18,19,20). The quantitative estimate of drug-likeness (QED) is 0.775. The highest BCUT2D eigenvalue weighted by molar-refractivity contribution is 7.98. The Bertz CT molecular complexity index is 560. The predicted octanol–water partition coefficient (Wildman–Crippen LogP) is 4.39. The van der Waals surface area contributed by atoms with Crippen LogP contribution in [0.25, 0.3) is 0 Å². The third kappa shape index (κ3) is 6.10. The third-order valence-electron chi connectivity index (χ3n) is 2.75. The lowest BCUT2D eigenvalue weighted by molar-refractivity contribution is 0.252. The van der Waals surface area contributed by atoms with E-state index in [1.807, 2.05) is 54.6 Å². The van der Waals surface area contributed by atoms with Crippen molar-refractivity contribution in [2.75, 3.05) is 17.6 Å². The Morgan fingerprint density at radius 2 is 1.76 bits per heavy atom. The lowest BCUT2D eigenvalue weighted by Crippen LogP contribution is -2.30. The number of hydrogen-bond donors (Lipinski definition) is 2. The monoisotopic (exact) mass is 320 g/mol. The van der Waals surface area contributed by atoms with Crippen molar-refractivity contribution in [1.29, 1.82) is 0 Å². The topological polar surface area (TPSA) is 41.1 Å². The molecule has 3 nitrogen and oxygen atoms in total. The molecule has 21 heavy (non-hydrogen) atoms. The second-order valence-electron chi connectivity index (χ2n) is 4.43. The van der Waals surface area contributed by atoms with Crippen LogP contribution in [0.3, 0.4) is 0 Å². The fraction of sp³-hybridized carbons (Fsp3) is 0.188. The molecule has 2 amide bonds. The van der Waals surface area contributed by atoms with Gasteiger partial charge in [0.1, 0.15) is 0 Å². The molecule has 0 saturated carbocycles. The van der Waals surface area contributed by atoms with Crippen molar-refractivity contribution in [2.24, 2.45) is 0 Å². The number of rotatable bonds is 6. The maximum atomic E-state index is 11.6. The van der Waals surface area contributed by atoms with E-state index in [0.29, 0.717) is 6.54 Å². The Kier molecular flexibility index (Phi) is 6.44. The highest BCUT2D eigenvalue weighted by Gasteiger charge is 2.00. The van der Waals surface area contributed by atoms with Crippen LogP contribution in [0.2, 0.25) is 5.02 Å². The van der Waals surface area contributed by atoms with Gasteiger partial charge in [0.15, 0.2) is 0 Å².